The zero-order valence-corrected chi connectivity index (χ0v) is 18.1. The van der Waals surface area contributed by atoms with Gasteiger partial charge in [0.2, 0.25) is 5.91 Å². The van der Waals surface area contributed by atoms with Gasteiger partial charge < -0.3 is 14.4 Å². The van der Waals surface area contributed by atoms with Crippen LogP contribution in [-0.2, 0) is 15.7 Å². The number of nitrogens with one attached hydrogen (secondary N) is 1. The number of hydrogen-bond acceptors (Lipinski definition) is 4. The molecule has 0 unspecified atom stereocenters. The van der Waals surface area contributed by atoms with Gasteiger partial charge in [0.1, 0.15) is 11.4 Å². The van der Waals surface area contributed by atoms with Gasteiger partial charge in [-0.25, -0.2) is 4.79 Å². The Morgan fingerprint density at radius 2 is 1.77 bits per heavy atom. The highest BCUT2D eigenvalue weighted by atomic mass is 19.4. The topological polar surface area (TPSA) is 67.9 Å². The molecule has 2 aliphatic rings. The SMILES string of the molecule is CC(C)(C)OC(=O)NC1(Oc2ccc(C(F)(F)F)c(N3CCCC3=O)c2)CCCCC1. The Morgan fingerprint density at radius 1 is 1.10 bits per heavy atom. The van der Waals surface area contributed by atoms with Crippen LogP contribution in [0.5, 0.6) is 5.75 Å². The van der Waals surface area contributed by atoms with Crippen LogP contribution in [0.3, 0.4) is 0 Å². The van der Waals surface area contributed by atoms with Crippen LogP contribution in [0.15, 0.2) is 18.2 Å². The van der Waals surface area contributed by atoms with E-state index in [1.165, 1.54) is 12.1 Å². The van der Waals surface area contributed by atoms with Crippen molar-refractivity contribution in [3.63, 3.8) is 0 Å². The van der Waals surface area contributed by atoms with Crippen molar-refractivity contribution in [3.8, 4) is 5.75 Å². The number of ether oxygens (including phenoxy) is 2. The molecule has 1 N–H and O–H groups in total. The lowest BCUT2D eigenvalue weighted by molar-refractivity contribution is -0.137. The lowest BCUT2D eigenvalue weighted by Crippen LogP contribution is -2.55. The molecule has 0 spiro atoms. The first-order valence-corrected chi connectivity index (χ1v) is 10.6. The fourth-order valence-corrected chi connectivity index (χ4v) is 4.03. The van der Waals surface area contributed by atoms with Crippen molar-refractivity contribution in [3.05, 3.63) is 23.8 Å². The van der Waals surface area contributed by atoms with Crippen molar-refractivity contribution in [2.75, 3.05) is 11.4 Å². The second-order valence-electron chi connectivity index (χ2n) is 9.11. The third-order valence-electron chi connectivity index (χ3n) is 5.34. The van der Waals surface area contributed by atoms with E-state index in [1.807, 2.05) is 0 Å². The van der Waals surface area contributed by atoms with Crippen molar-refractivity contribution in [1.82, 2.24) is 5.32 Å². The van der Waals surface area contributed by atoms with Crippen molar-refractivity contribution >= 4 is 17.7 Å². The summed E-state index contributed by atoms with van der Waals surface area (Å²) in [5.74, 6) is -0.178. The number of anilines is 1. The number of alkyl halides is 3. The normalized spacial score (nSPS) is 19.3. The zero-order chi connectivity index (χ0) is 22.9. The second-order valence-corrected chi connectivity index (χ2v) is 9.11. The minimum absolute atomic E-state index is 0.167. The van der Waals surface area contributed by atoms with Crippen molar-refractivity contribution in [2.45, 2.75) is 83.2 Å². The Hall–Kier alpha value is -2.45. The molecule has 3 rings (SSSR count). The predicted octanol–water partition coefficient (Wildman–Crippen LogP) is 5.40. The maximum absolute atomic E-state index is 13.6. The van der Waals surface area contributed by atoms with E-state index in [-0.39, 0.29) is 30.3 Å². The van der Waals surface area contributed by atoms with Crippen LogP contribution >= 0.6 is 0 Å². The van der Waals surface area contributed by atoms with E-state index in [0.29, 0.717) is 19.3 Å². The summed E-state index contributed by atoms with van der Waals surface area (Å²) in [6, 6.07) is 3.42. The van der Waals surface area contributed by atoms with Crippen LogP contribution in [0.2, 0.25) is 0 Å². The first-order chi connectivity index (χ1) is 14.4. The maximum atomic E-state index is 13.6. The molecule has 0 aromatic heterocycles. The summed E-state index contributed by atoms with van der Waals surface area (Å²) in [6.45, 7) is 5.47. The van der Waals surface area contributed by atoms with Gasteiger partial charge in [-0.05, 0) is 52.2 Å². The largest absolute Gasteiger partial charge is 0.468 e. The molecule has 0 bridgehead atoms. The summed E-state index contributed by atoms with van der Waals surface area (Å²) in [5.41, 5.74) is -2.87. The third-order valence-corrected chi connectivity index (χ3v) is 5.34. The van der Waals surface area contributed by atoms with Gasteiger partial charge in [0, 0.05) is 31.9 Å². The van der Waals surface area contributed by atoms with Gasteiger partial charge in [0.15, 0.2) is 5.72 Å². The van der Waals surface area contributed by atoms with Crippen LogP contribution in [0.25, 0.3) is 0 Å². The summed E-state index contributed by atoms with van der Waals surface area (Å²) in [5, 5.41) is 2.79. The van der Waals surface area contributed by atoms with Crippen LogP contribution < -0.4 is 15.0 Å². The van der Waals surface area contributed by atoms with E-state index in [4.69, 9.17) is 9.47 Å². The molecule has 2 amide bonds. The summed E-state index contributed by atoms with van der Waals surface area (Å²) < 4.78 is 52.2. The highest BCUT2D eigenvalue weighted by molar-refractivity contribution is 5.96. The van der Waals surface area contributed by atoms with Gasteiger partial charge in [-0.15, -0.1) is 0 Å². The number of benzene rings is 1. The molecular formula is C22H29F3N2O4. The number of halogens is 3. The summed E-state index contributed by atoms with van der Waals surface area (Å²) in [7, 11) is 0. The molecule has 172 valence electrons. The molecule has 0 atom stereocenters. The molecule has 1 aliphatic carbocycles. The van der Waals surface area contributed by atoms with Crippen molar-refractivity contribution in [2.24, 2.45) is 0 Å². The molecule has 9 heteroatoms. The standard InChI is InChI=1S/C22H29F3N2O4/c1-20(2,3)31-19(29)26-21(11-5-4-6-12-21)30-15-9-10-16(22(23,24)25)17(14-15)27-13-7-8-18(27)28/h9-10,14H,4-8,11-13H2,1-3H3,(H,26,29). The number of alkyl carbamates (subject to hydrolysis) is 1. The zero-order valence-electron chi connectivity index (χ0n) is 18.1. The number of carbonyl (C=O) groups is 2. The monoisotopic (exact) mass is 442 g/mol. The molecule has 1 aliphatic heterocycles. The van der Waals surface area contributed by atoms with Gasteiger partial charge in [-0.2, -0.15) is 13.2 Å². The average Bonchev–Trinajstić information content (AvgIpc) is 3.05. The van der Waals surface area contributed by atoms with Crippen LogP contribution in [0.1, 0.15) is 71.3 Å². The molecule has 1 saturated heterocycles. The number of rotatable bonds is 4. The minimum Gasteiger partial charge on any atom is -0.468 e. The molecule has 1 heterocycles. The molecular weight excluding hydrogens is 413 g/mol. The Balaban J connectivity index is 1.90. The fraction of sp³-hybridized carbons (Fsp3) is 0.636. The average molecular weight is 442 g/mol. The number of nitrogens with zero attached hydrogens (tertiary/aromatic N) is 1. The molecule has 6 nitrogen and oxygen atoms in total. The number of hydrogen-bond donors (Lipinski definition) is 1. The van der Waals surface area contributed by atoms with E-state index in [1.54, 1.807) is 20.8 Å². The number of amides is 2. The van der Waals surface area contributed by atoms with E-state index < -0.39 is 29.2 Å². The van der Waals surface area contributed by atoms with Crippen LogP contribution in [0.4, 0.5) is 23.7 Å². The Bertz CT molecular complexity index is 827. The Labute approximate surface area is 180 Å². The smallest absolute Gasteiger partial charge is 0.418 e. The third kappa shape index (κ3) is 5.83. The lowest BCUT2D eigenvalue weighted by Gasteiger charge is -2.38. The molecule has 0 radical (unpaired) electrons. The van der Waals surface area contributed by atoms with Crippen molar-refractivity contribution in [1.29, 1.82) is 0 Å². The summed E-state index contributed by atoms with van der Waals surface area (Å²) in [4.78, 5) is 25.7. The fourth-order valence-electron chi connectivity index (χ4n) is 4.03. The maximum Gasteiger partial charge on any atom is 0.418 e. The first-order valence-electron chi connectivity index (χ1n) is 10.6. The van der Waals surface area contributed by atoms with Gasteiger partial charge in [0.25, 0.3) is 0 Å². The van der Waals surface area contributed by atoms with Gasteiger partial charge in [-0.1, -0.05) is 6.42 Å². The predicted molar refractivity (Wildman–Crippen MR) is 109 cm³/mol. The molecule has 2 fully saturated rings. The Morgan fingerprint density at radius 3 is 2.32 bits per heavy atom. The van der Waals surface area contributed by atoms with Gasteiger partial charge in [0.05, 0.1) is 11.3 Å². The lowest BCUT2D eigenvalue weighted by atomic mass is 9.91. The molecule has 1 aromatic carbocycles. The quantitative estimate of drug-likeness (QED) is 0.635. The summed E-state index contributed by atoms with van der Waals surface area (Å²) in [6.07, 6.45) is -0.942. The van der Waals surface area contributed by atoms with Crippen LogP contribution in [-0.4, -0.2) is 29.9 Å². The highest BCUT2D eigenvalue weighted by Gasteiger charge is 2.40. The minimum atomic E-state index is -4.60. The van der Waals surface area contributed by atoms with Gasteiger partial charge >= 0.3 is 12.3 Å². The van der Waals surface area contributed by atoms with Gasteiger partial charge in [-0.3, -0.25) is 10.1 Å². The first kappa shape index (κ1) is 23.2. The van der Waals surface area contributed by atoms with Crippen molar-refractivity contribution < 1.29 is 32.2 Å². The van der Waals surface area contributed by atoms with E-state index in [2.05, 4.69) is 5.32 Å². The molecule has 1 aromatic rings. The van der Waals surface area contributed by atoms with E-state index in [0.717, 1.165) is 30.2 Å². The Kier molecular flexibility index (Phi) is 6.43. The molecule has 31 heavy (non-hydrogen) atoms. The molecule has 1 saturated carbocycles. The number of carbonyl (C=O) groups excluding carboxylic acids is 2. The van der Waals surface area contributed by atoms with E-state index in [9.17, 15) is 22.8 Å². The highest BCUT2D eigenvalue weighted by Crippen LogP contribution is 2.41. The second kappa shape index (κ2) is 8.59. The summed E-state index contributed by atoms with van der Waals surface area (Å²) >= 11 is 0. The van der Waals surface area contributed by atoms with Crippen LogP contribution in [0, 0.1) is 0 Å². The van der Waals surface area contributed by atoms with E-state index >= 15 is 0 Å².